The summed E-state index contributed by atoms with van der Waals surface area (Å²) in [5.41, 5.74) is -1.33. The summed E-state index contributed by atoms with van der Waals surface area (Å²) in [6.07, 6.45) is 20.1. The molecule has 23 nitrogen and oxygen atoms in total. The van der Waals surface area contributed by atoms with Gasteiger partial charge in [0, 0.05) is 117 Å². The van der Waals surface area contributed by atoms with Gasteiger partial charge in [0.05, 0.1) is 114 Å². The maximum absolute atomic E-state index is 12.8. The van der Waals surface area contributed by atoms with Crippen LogP contribution in [0, 0.1) is 10.8 Å². The van der Waals surface area contributed by atoms with E-state index in [1.165, 1.54) is 13.8 Å². The molecule has 0 saturated carbocycles. The first-order valence-electron chi connectivity index (χ1n) is 35.2. The van der Waals surface area contributed by atoms with Crippen molar-refractivity contribution in [1.29, 1.82) is 0 Å². The highest BCUT2D eigenvalue weighted by atomic mass is 16.6. The minimum atomic E-state index is -0.767. The molecule has 0 aromatic carbocycles. The minimum Gasteiger partial charge on any atom is -0.462 e. The number of amides is 4. The maximum atomic E-state index is 12.8. The lowest BCUT2D eigenvalue weighted by Gasteiger charge is -2.32. The Morgan fingerprint density at radius 3 is 1.19 bits per heavy atom. The molecule has 4 N–H and O–H groups in total. The minimum absolute atomic E-state index is 0.0710. The third-order valence-corrected chi connectivity index (χ3v) is 17.1. The quantitative estimate of drug-likeness (QED) is 0.0252. The monoisotopic (exact) mass is 1350 g/mol. The van der Waals surface area contributed by atoms with Crippen LogP contribution in [0.1, 0.15) is 190 Å². The molecule has 0 aromatic rings. The van der Waals surface area contributed by atoms with Gasteiger partial charge in [-0.05, 0) is 110 Å². The molecule has 0 radical (unpaired) electrons. The molecule has 8 atom stereocenters. The summed E-state index contributed by atoms with van der Waals surface area (Å²) in [6.45, 7) is 36.5. The molecule has 8 unspecified atom stereocenters. The van der Waals surface area contributed by atoms with Gasteiger partial charge in [-0.3, -0.25) is 28.8 Å². The zero-order valence-electron chi connectivity index (χ0n) is 59.7. The van der Waals surface area contributed by atoms with Crippen LogP contribution in [0.2, 0.25) is 0 Å². The van der Waals surface area contributed by atoms with Crippen LogP contribution in [-0.4, -0.2) is 250 Å². The van der Waals surface area contributed by atoms with E-state index in [4.69, 9.17) is 47.7 Å². The van der Waals surface area contributed by atoms with Gasteiger partial charge >= 0.3 is 11.9 Å². The van der Waals surface area contributed by atoms with E-state index in [2.05, 4.69) is 40.2 Å². The highest BCUT2D eigenvalue weighted by Crippen LogP contribution is 2.26. The van der Waals surface area contributed by atoms with E-state index in [0.717, 1.165) is 90.3 Å². The molecule has 550 valence electrons. The highest BCUT2D eigenvalue weighted by molar-refractivity contribution is 5.80. The van der Waals surface area contributed by atoms with E-state index in [9.17, 15) is 44.1 Å². The average molecular weight is 1350 g/mol. The second kappa shape index (κ2) is 53.3. The fraction of sp³-hybridized carbons (Fsp3) is 0.806. The van der Waals surface area contributed by atoms with Crippen molar-refractivity contribution >= 4 is 35.6 Å². The molecule has 0 spiro atoms. The molecule has 23 heteroatoms. The Kier molecular flexibility index (Phi) is 49.6. The van der Waals surface area contributed by atoms with Crippen LogP contribution in [0.5, 0.6) is 0 Å². The number of hydrogen-bond acceptors (Lipinski definition) is 19. The fourth-order valence-electron chi connectivity index (χ4n) is 11.8. The molecule has 0 bridgehead atoms. The lowest BCUT2D eigenvalue weighted by atomic mass is 9.92. The topological polar surface area (TPSA) is 279 Å². The van der Waals surface area contributed by atoms with Crippen molar-refractivity contribution < 1.29 is 91.8 Å². The number of rotatable bonds is 51. The third kappa shape index (κ3) is 38.3. The molecule has 4 aliphatic rings. The smallest absolute Gasteiger partial charge is 0.302 e. The van der Waals surface area contributed by atoms with Crippen LogP contribution in [0.15, 0.2) is 50.7 Å². The average Bonchev–Trinajstić information content (AvgIpc) is 1.99. The number of ether oxygens (including phenoxy) is 9. The Morgan fingerprint density at radius 2 is 0.884 bits per heavy atom. The lowest BCUT2D eigenvalue weighted by molar-refractivity contribution is -0.150. The van der Waals surface area contributed by atoms with Gasteiger partial charge in [-0.2, -0.15) is 0 Å². The van der Waals surface area contributed by atoms with Crippen molar-refractivity contribution in [3.05, 3.63) is 50.7 Å². The van der Waals surface area contributed by atoms with Crippen molar-refractivity contribution in [1.82, 2.24) is 19.6 Å². The summed E-state index contributed by atoms with van der Waals surface area (Å²) in [4.78, 5) is 77.9. The van der Waals surface area contributed by atoms with Crippen molar-refractivity contribution in [2.45, 2.75) is 239 Å². The number of esters is 2. The summed E-state index contributed by atoms with van der Waals surface area (Å²) >= 11 is 0. The molecular weight excluding hydrogens is 1220 g/mol. The standard InChI is InChI=1S/C44H79N3O11.C14H24O4.C8H16O3.C6H9NO/c1-6-36(45-21-9-18-41(45)51)15-12-24-54-31-44(30-48,32-55-25-13-16-37(7-2)46-22-10-19-42(46)52)33-56-26-14-17-38(47-23-11-20-43(47)53)29-57-34(4)27-40(58-35(5)49)28-39(50)8-3;1-4-7-16-11-14(10-15,12-17-8-5-2)13-18-9-6-3;1-4-8(5-6(2)9)11-7(3)10;1-2-7-5-3-4-6(7)8/h34,36-40,48,50H,6-33H2,1-5H3;4-6,15H,1-3,7-13H2;6,8-9H,4-5H2,1-3H3;2H,1,3-5H2. The number of aliphatic hydroxyl groups is 4. The number of carbonyl (C=O) groups excluding carboxylic acids is 6. The Bertz CT molecular complexity index is 2060. The van der Waals surface area contributed by atoms with Gasteiger partial charge in [-0.1, -0.05) is 52.5 Å². The van der Waals surface area contributed by atoms with E-state index >= 15 is 0 Å². The zero-order valence-corrected chi connectivity index (χ0v) is 59.7. The van der Waals surface area contributed by atoms with E-state index in [-0.39, 0.29) is 93.0 Å². The molecule has 4 rings (SSSR count). The highest BCUT2D eigenvalue weighted by Gasteiger charge is 2.35. The van der Waals surface area contributed by atoms with Crippen molar-refractivity contribution in [3.8, 4) is 0 Å². The van der Waals surface area contributed by atoms with Gasteiger partial charge < -0.3 is 82.7 Å². The van der Waals surface area contributed by atoms with Crippen LogP contribution >= 0.6 is 0 Å². The Labute approximate surface area is 570 Å². The van der Waals surface area contributed by atoms with Gasteiger partial charge in [-0.25, -0.2) is 0 Å². The summed E-state index contributed by atoms with van der Waals surface area (Å²) in [5.74, 6) is 0.144. The van der Waals surface area contributed by atoms with Crippen molar-refractivity contribution in [2.24, 2.45) is 10.8 Å². The van der Waals surface area contributed by atoms with Gasteiger partial charge in [-0.15, -0.1) is 19.7 Å². The van der Waals surface area contributed by atoms with Gasteiger partial charge in [0.15, 0.2) is 0 Å². The SMILES string of the molecule is C=CCOCC(CO)(COCC=C)COCC=C.C=CN1CCCC1=O.CCC(CC(C)O)OC(C)=O.CCC(O)CC(CC(C)OCC(CCCOCC(CO)(COCCCC(CC)N1CCCC1=O)COCCCC(CC)N1CCCC1=O)N1CCCC1=O)OC(C)=O. The van der Waals surface area contributed by atoms with Crippen LogP contribution in [0.3, 0.4) is 0 Å². The molecule has 95 heavy (non-hydrogen) atoms. The summed E-state index contributed by atoms with van der Waals surface area (Å²) in [6, 6.07) is 0.317. The summed E-state index contributed by atoms with van der Waals surface area (Å²) in [5, 5.41) is 39.5. The van der Waals surface area contributed by atoms with Crippen LogP contribution in [0.25, 0.3) is 0 Å². The molecule has 4 saturated heterocycles. The van der Waals surface area contributed by atoms with E-state index < -0.39 is 35.1 Å². The summed E-state index contributed by atoms with van der Waals surface area (Å²) < 4.78 is 51.5. The molecule has 4 heterocycles. The zero-order chi connectivity index (χ0) is 70.9. The van der Waals surface area contributed by atoms with Gasteiger partial charge in [0.2, 0.25) is 23.6 Å². The second-order valence-corrected chi connectivity index (χ2v) is 25.7. The molecule has 0 aliphatic carbocycles. The van der Waals surface area contributed by atoms with E-state index in [1.807, 2.05) is 35.5 Å². The number of aliphatic hydroxyl groups excluding tert-OH is 4. The van der Waals surface area contributed by atoms with E-state index in [1.54, 1.807) is 36.3 Å². The van der Waals surface area contributed by atoms with Crippen LogP contribution < -0.4 is 0 Å². The first kappa shape index (κ1) is 88.4. The predicted octanol–water partition coefficient (Wildman–Crippen LogP) is 8.46. The molecule has 4 fully saturated rings. The first-order chi connectivity index (χ1) is 45.6. The lowest BCUT2D eigenvalue weighted by Crippen LogP contribution is -2.42. The van der Waals surface area contributed by atoms with Crippen LogP contribution in [-0.2, 0) is 71.4 Å². The Morgan fingerprint density at radius 1 is 0.505 bits per heavy atom. The number of likely N-dealkylation sites (tertiary alicyclic amines) is 4. The van der Waals surface area contributed by atoms with Gasteiger partial charge in [0.25, 0.3) is 0 Å². The molecular formula is C72H128N4O19. The fourth-order valence-corrected chi connectivity index (χ4v) is 11.8. The number of nitrogens with zero attached hydrogens (tertiary/aromatic N) is 4. The number of carbonyl (C=O) groups is 6. The van der Waals surface area contributed by atoms with Crippen molar-refractivity contribution in [2.75, 3.05) is 125 Å². The molecule has 4 aliphatic heterocycles. The molecule has 0 aromatic heterocycles. The molecule has 4 amide bonds. The maximum Gasteiger partial charge on any atom is 0.302 e. The predicted molar refractivity (Wildman–Crippen MR) is 367 cm³/mol. The second-order valence-electron chi connectivity index (χ2n) is 25.7. The van der Waals surface area contributed by atoms with Gasteiger partial charge in [0.1, 0.15) is 12.2 Å². The number of hydrogen-bond donors (Lipinski definition) is 4. The summed E-state index contributed by atoms with van der Waals surface area (Å²) in [7, 11) is 0. The van der Waals surface area contributed by atoms with E-state index in [0.29, 0.717) is 137 Å². The van der Waals surface area contributed by atoms with Crippen LogP contribution in [0.4, 0.5) is 0 Å². The Hall–Kier alpha value is -4.66. The normalized spacial score (nSPS) is 18.0. The first-order valence-corrected chi connectivity index (χ1v) is 35.2. The van der Waals surface area contributed by atoms with Crippen molar-refractivity contribution in [3.63, 3.8) is 0 Å². The Balaban J connectivity index is 0.000000975. The third-order valence-electron chi connectivity index (χ3n) is 17.1. The largest absolute Gasteiger partial charge is 0.462 e.